The van der Waals surface area contributed by atoms with Gasteiger partial charge in [0.2, 0.25) is 0 Å². The van der Waals surface area contributed by atoms with Crippen molar-refractivity contribution in [1.82, 2.24) is 4.98 Å². The second kappa shape index (κ2) is 5.66. The van der Waals surface area contributed by atoms with Gasteiger partial charge in [-0.05, 0) is 30.7 Å². The molecule has 5 rings (SSSR count). The van der Waals surface area contributed by atoms with E-state index in [1.807, 2.05) is 18.2 Å². The summed E-state index contributed by atoms with van der Waals surface area (Å²) < 4.78 is 31.4. The quantitative estimate of drug-likeness (QED) is 0.836. The molecule has 1 fully saturated rings. The Morgan fingerprint density at radius 2 is 2.11 bits per heavy atom. The molecule has 2 aromatic rings. The van der Waals surface area contributed by atoms with Gasteiger partial charge in [0.05, 0.1) is 25.3 Å². The van der Waals surface area contributed by atoms with Gasteiger partial charge in [-0.3, -0.25) is 4.98 Å². The Morgan fingerprint density at radius 3 is 2.89 bits per heavy atom. The fourth-order valence-corrected chi connectivity index (χ4v) is 4.50. The first-order valence-corrected chi connectivity index (χ1v) is 9.01. The summed E-state index contributed by atoms with van der Waals surface area (Å²) in [6.45, 7) is 3.59. The van der Waals surface area contributed by atoms with Gasteiger partial charge in [-0.1, -0.05) is 6.07 Å². The largest absolute Gasteiger partial charge is 0.487 e. The predicted molar refractivity (Wildman–Crippen MR) is 96.8 cm³/mol. The number of aromatic nitrogens is 1. The minimum absolute atomic E-state index is 0.0341. The standard InChI is InChI=1S/C20H20FN3O3/c1-19-4-5-25-10-17(19)20(11-26-18(22)24-20)15-7-12(2-3-16(15)27-19)13-6-14(21)9-23-8-13/h2-3,6-9,17H,4-5,10-11H2,1H3,(H2,22,24). The zero-order valence-electron chi connectivity index (χ0n) is 14.9. The van der Waals surface area contributed by atoms with E-state index in [4.69, 9.17) is 24.9 Å². The van der Waals surface area contributed by atoms with Crippen LogP contribution in [0.4, 0.5) is 4.39 Å². The number of hydrogen-bond acceptors (Lipinski definition) is 6. The third kappa shape index (κ3) is 2.41. The maximum absolute atomic E-state index is 13.6. The average molecular weight is 369 g/mol. The maximum atomic E-state index is 13.6. The highest BCUT2D eigenvalue weighted by molar-refractivity contribution is 5.75. The van der Waals surface area contributed by atoms with Crippen LogP contribution < -0.4 is 10.5 Å². The molecule has 1 spiro atoms. The van der Waals surface area contributed by atoms with Crippen molar-refractivity contribution < 1.29 is 18.6 Å². The Balaban J connectivity index is 1.70. The molecule has 2 N–H and O–H groups in total. The first kappa shape index (κ1) is 16.5. The normalized spacial score (nSPS) is 31.5. The van der Waals surface area contributed by atoms with Crippen molar-refractivity contribution in [3.8, 4) is 16.9 Å². The number of nitrogens with two attached hydrogens (primary N) is 1. The molecule has 0 aliphatic carbocycles. The Bertz CT molecular complexity index is 950. The highest BCUT2D eigenvalue weighted by Gasteiger charge is 2.59. The minimum Gasteiger partial charge on any atom is -0.487 e. The fraction of sp³-hybridized carbons (Fsp3) is 0.400. The molecular formula is C20H20FN3O3. The first-order chi connectivity index (χ1) is 13.0. The maximum Gasteiger partial charge on any atom is 0.283 e. The summed E-state index contributed by atoms with van der Waals surface area (Å²) in [7, 11) is 0. The molecule has 27 heavy (non-hydrogen) atoms. The highest BCUT2D eigenvalue weighted by Crippen LogP contribution is 2.54. The number of amidine groups is 1. The van der Waals surface area contributed by atoms with E-state index in [-0.39, 0.29) is 17.8 Å². The Kier molecular flexibility index (Phi) is 3.46. The number of nitrogens with zero attached hydrogens (tertiary/aromatic N) is 2. The van der Waals surface area contributed by atoms with Crippen LogP contribution in [-0.4, -0.2) is 36.4 Å². The SMILES string of the molecule is CC12CCOCC1C1(COC(N)=N1)c1cc(-c3cncc(F)c3)ccc1O2. The van der Waals surface area contributed by atoms with Crippen molar-refractivity contribution in [2.75, 3.05) is 19.8 Å². The lowest BCUT2D eigenvalue weighted by molar-refractivity contribution is -0.129. The third-order valence-electron chi connectivity index (χ3n) is 5.92. The van der Waals surface area contributed by atoms with Gasteiger partial charge in [-0.2, -0.15) is 0 Å². The summed E-state index contributed by atoms with van der Waals surface area (Å²) in [6.07, 6.45) is 3.59. The van der Waals surface area contributed by atoms with Crippen molar-refractivity contribution in [2.24, 2.45) is 16.6 Å². The smallest absolute Gasteiger partial charge is 0.283 e. The van der Waals surface area contributed by atoms with Crippen LogP contribution in [0.25, 0.3) is 11.1 Å². The van der Waals surface area contributed by atoms with Gasteiger partial charge in [0.1, 0.15) is 29.3 Å². The molecule has 1 aromatic carbocycles. The third-order valence-corrected chi connectivity index (χ3v) is 5.92. The molecule has 0 saturated carbocycles. The van der Waals surface area contributed by atoms with Crippen LogP contribution in [0.1, 0.15) is 18.9 Å². The van der Waals surface area contributed by atoms with Crippen molar-refractivity contribution in [3.05, 3.63) is 48.0 Å². The summed E-state index contributed by atoms with van der Waals surface area (Å²) in [5, 5.41) is 0. The lowest BCUT2D eigenvalue weighted by Crippen LogP contribution is -2.59. The summed E-state index contributed by atoms with van der Waals surface area (Å²) in [6, 6.07) is 7.44. The molecule has 3 aliphatic heterocycles. The Hall–Kier alpha value is -2.67. The number of fused-ring (bicyclic) bond motifs is 4. The summed E-state index contributed by atoms with van der Waals surface area (Å²) >= 11 is 0. The second-order valence-electron chi connectivity index (χ2n) is 7.56. The van der Waals surface area contributed by atoms with Crippen LogP contribution in [-0.2, 0) is 15.0 Å². The van der Waals surface area contributed by atoms with Gasteiger partial charge in [-0.15, -0.1) is 0 Å². The Morgan fingerprint density at radius 1 is 1.22 bits per heavy atom. The number of halogens is 1. The van der Waals surface area contributed by atoms with Crippen LogP contribution in [0.3, 0.4) is 0 Å². The minimum atomic E-state index is -0.677. The van der Waals surface area contributed by atoms with Crippen LogP contribution in [0, 0.1) is 11.7 Å². The van der Waals surface area contributed by atoms with E-state index < -0.39 is 11.1 Å². The van der Waals surface area contributed by atoms with E-state index in [1.54, 1.807) is 6.20 Å². The van der Waals surface area contributed by atoms with Gasteiger partial charge in [0.15, 0.2) is 0 Å². The van der Waals surface area contributed by atoms with E-state index in [0.717, 1.165) is 23.3 Å². The van der Waals surface area contributed by atoms with Gasteiger partial charge in [0, 0.05) is 23.7 Å². The van der Waals surface area contributed by atoms with Crippen LogP contribution in [0.15, 0.2) is 41.7 Å². The van der Waals surface area contributed by atoms with Crippen molar-refractivity contribution in [3.63, 3.8) is 0 Å². The lowest BCUT2D eigenvalue weighted by Gasteiger charge is -2.52. The number of hydrogen-bond donors (Lipinski definition) is 1. The Labute approximate surface area is 156 Å². The van der Waals surface area contributed by atoms with Gasteiger partial charge in [0.25, 0.3) is 6.02 Å². The summed E-state index contributed by atoms with van der Waals surface area (Å²) in [4.78, 5) is 8.68. The zero-order chi connectivity index (χ0) is 18.6. The molecule has 0 radical (unpaired) electrons. The molecule has 140 valence electrons. The number of aliphatic imine (C=N–C) groups is 1. The summed E-state index contributed by atoms with van der Waals surface area (Å²) in [5.74, 6) is 0.343. The molecule has 0 bridgehead atoms. The van der Waals surface area contributed by atoms with E-state index in [1.165, 1.54) is 12.3 Å². The molecule has 3 unspecified atom stereocenters. The van der Waals surface area contributed by atoms with Crippen LogP contribution in [0.2, 0.25) is 0 Å². The van der Waals surface area contributed by atoms with E-state index in [0.29, 0.717) is 25.4 Å². The molecule has 3 aliphatic rings. The van der Waals surface area contributed by atoms with E-state index in [9.17, 15) is 4.39 Å². The van der Waals surface area contributed by atoms with Gasteiger partial charge >= 0.3 is 0 Å². The topological polar surface area (TPSA) is 79.0 Å². The summed E-state index contributed by atoms with van der Waals surface area (Å²) in [5.41, 5.74) is 7.25. The monoisotopic (exact) mass is 369 g/mol. The van der Waals surface area contributed by atoms with Crippen molar-refractivity contribution in [1.29, 1.82) is 0 Å². The molecule has 7 heteroatoms. The van der Waals surface area contributed by atoms with Crippen LogP contribution >= 0.6 is 0 Å². The lowest BCUT2D eigenvalue weighted by atomic mass is 9.66. The van der Waals surface area contributed by atoms with Gasteiger partial charge in [-0.25, -0.2) is 9.38 Å². The number of ether oxygens (including phenoxy) is 3. The number of benzene rings is 1. The van der Waals surface area contributed by atoms with E-state index >= 15 is 0 Å². The molecule has 1 aromatic heterocycles. The highest BCUT2D eigenvalue weighted by atomic mass is 19.1. The molecule has 1 saturated heterocycles. The van der Waals surface area contributed by atoms with Crippen molar-refractivity contribution >= 4 is 6.02 Å². The van der Waals surface area contributed by atoms with Crippen molar-refractivity contribution in [2.45, 2.75) is 24.5 Å². The number of pyridine rings is 1. The van der Waals surface area contributed by atoms with Crippen LogP contribution in [0.5, 0.6) is 5.75 Å². The first-order valence-electron chi connectivity index (χ1n) is 9.01. The molecular weight excluding hydrogens is 349 g/mol. The second-order valence-corrected chi connectivity index (χ2v) is 7.56. The van der Waals surface area contributed by atoms with E-state index in [2.05, 4.69) is 11.9 Å². The van der Waals surface area contributed by atoms with Gasteiger partial charge < -0.3 is 19.9 Å². The molecule has 4 heterocycles. The average Bonchev–Trinajstić information content (AvgIpc) is 3.04. The molecule has 6 nitrogen and oxygen atoms in total. The number of rotatable bonds is 1. The molecule has 0 amide bonds. The fourth-order valence-electron chi connectivity index (χ4n) is 4.50. The predicted octanol–water partition coefficient (Wildman–Crippen LogP) is 2.62. The zero-order valence-corrected chi connectivity index (χ0v) is 14.9. The molecule has 3 atom stereocenters.